The van der Waals surface area contributed by atoms with Gasteiger partial charge in [-0.15, -0.1) is 5.10 Å². The second kappa shape index (κ2) is 6.61. The van der Waals surface area contributed by atoms with Gasteiger partial charge in [0.15, 0.2) is 0 Å². The summed E-state index contributed by atoms with van der Waals surface area (Å²) in [5.74, 6) is 1.08. The second-order valence-corrected chi connectivity index (χ2v) is 7.10. The first-order valence-corrected chi connectivity index (χ1v) is 8.54. The normalized spacial score (nSPS) is 18.2. The summed E-state index contributed by atoms with van der Waals surface area (Å²) >= 11 is 1.88. The van der Waals surface area contributed by atoms with Crippen molar-refractivity contribution in [2.75, 3.05) is 12.8 Å². The molecule has 0 spiro atoms. The summed E-state index contributed by atoms with van der Waals surface area (Å²) in [6.45, 7) is 4.75. The van der Waals surface area contributed by atoms with Gasteiger partial charge in [0.05, 0.1) is 0 Å². The molecule has 1 heterocycles. The topological polar surface area (TPSA) is 70.7 Å². The Balaban J connectivity index is 1.93. The molecular weight excluding hydrogens is 272 g/mol. The van der Waals surface area contributed by atoms with Gasteiger partial charge in [0.1, 0.15) is 5.82 Å². The third-order valence-corrected chi connectivity index (χ3v) is 5.44. The van der Waals surface area contributed by atoms with Gasteiger partial charge in [0.2, 0.25) is 5.82 Å². The van der Waals surface area contributed by atoms with Gasteiger partial charge in [0, 0.05) is 17.2 Å². The van der Waals surface area contributed by atoms with Crippen LogP contribution in [0.2, 0.25) is 0 Å². The van der Waals surface area contributed by atoms with Crippen LogP contribution in [0.25, 0.3) is 0 Å². The number of rotatable bonds is 5. The SMILES string of the molecule is CSC1(CNC(=O)c2n[nH]c(C(C)C)n2)CCCCC1. The molecule has 1 aromatic rings. The Labute approximate surface area is 124 Å². The number of thioether (sulfide) groups is 1. The van der Waals surface area contributed by atoms with Gasteiger partial charge >= 0.3 is 0 Å². The molecule has 2 N–H and O–H groups in total. The minimum atomic E-state index is -0.174. The number of hydrogen-bond donors (Lipinski definition) is 2. The van der Waals surface area contributed by atoms with Crippen LogP contribution in [0.15, 0.2) is 0 Å². The summed E-state index contributed by atoms with van der Waals surface area (Å²) in [6, 6.07) is 0. The minimum absolute atomic E-state index is 0.174. The first kappa shape index (κ1) is 15.4. The summed E-state index contributed by atoms with van der Waals surface area (Å²) in [4.78, 5) is 16.4. The first-order chi connectivity index (χ1) is 9.56. The molecule has 0 radical (unpaired) electrons. The van der Waals surface area contributed by atoms with Crippen LogP contribution in [0.3, 0.4) is 0 Å². The number of carbonyl (C=O) groups is 1. The lowest BCUT2D eigenvalue weighted by atomic mass is 9.88. The average molecular weight is 296 g/mol. The van der Waals surface area contributed by atoms with E-state index >= 15 is 0 Å². The number of hydrogen-bond acceptors (Lipinski definition) is 4. The largest absolute Gasteiger partial charge is 0.348 e. The number of nitrogens with zero attached hydrogens (tertiary/aromatic N) is 2. The van der Waals surface area contributed by atoms with Crippen LogP contribution in [-0.4, -0.2) is 38.6 Å². The van der Waals surface area contributed by atoms with Crippen LogP contribution >= 0.6 is 11.8 Å². The molecule has 1 aromatic heterocycles. The second-order valence-electron chi connectivity index (χ2n) is 5.83. The van der Waals surface area contributed by atoms with Crippen LogP contribution < -0.4 is 5.32 Å². The van der Waals surface area contributed by atoms with Crippen molar-refractivity contribution in [1.82, 2.24) is 20.5 Å². The number of aromatic nitrogens is 3. The summed E-state index contributed by atoms with van der Waals surface area (Å²) < 4.78 is 0.199. The molecule has 20 heavy (non-hydrogen) atoms. The van der Waals surface area contributed by atoms with E-state index in [1.165, 1.54) is 32.1 Å². The smallest absolute Gasteiger partial charge is 0.291 e. The van der Waals surface area contributed by atoms with E-state index < -0.39 is 0 Å². The highest BCUT2D eigenvalue weighted by atomic mass is 32.2. The molecule has 1 fully saturated rings. The average Bonchev–Trinajstić information content (AvgIpc) is 2.96. The van der Waals surface area contributed by atoms with Gasteiger partial charge < -0.3 is 5.32 Å². The minimum Gasteiger partial charge on any atom is -0.348 e. The Kier molecular flexibility index (Phi) is 5.07. The molecule has 0 aliphatic heterocycles. The van der Waals surface area contributed by atoms with E-state index in [-0.39, 0.29) is 22.4 Å². The van der Waals surface area contributed by atoms with Crippen molar-refractivity contribution in [2.24, 2.45) is 0 Å². The fraction of sp³-hybridized carbons (Fsp3) is 0.786. The molecule has 2 rings (SSSR count). The van der Waals surface area contributed by atoms with E-state index in [0.29, 0.717) is 6.54 Å². The highest BCUT2D eigenvalue weighted by Crippen LogP contribution is 2.37. The van der Waals surface area contributed by atoms with Crippen molar-refractivity contribution in [2.45, 2.75) is 56.6 Å². The molecule has 1 aliphatic carbocycles. The zero-order chi connectivity index (χ0) is 14.6. The maximum Gasteiger partial charge on any atom is 0.291 e. The summed E-state index contributed by atoms with van der Waals surface area (Å²) in [5.41, 5.74) is 0. The van der Waals surface area contributed by atoms with Crippen molar-refractivity contribution in [3.05, 3.63) is 11.6 Å². The molecule has 6 heteroatoms. The fourth-order valence-corrected chi connectivity index (χ4v) is 3.52. The van der Waals surface area contributed by atoms with Gasteiger partial charge in [-0.25, -0.2) is 4.98 Å². The highest BCUT2D eigenvalue weighted by Gasteiger charge is 2.31. The monoisotopic (exact) mass is 296 g/mol. The zero-order valence-electron chi connectivity index (χ0n) is 12.5. The third-order valence-electron chi connectivity index (χ3n) is 4.02. The molecule has 5 nitrogen and oxygen atoms in total. The quantitative estimate of drug-likeness (QED) is 0.876. The number of amides is 1. The Morgan fingerprint density at radius 3 is 2.65 bits per heavy atom. The number of carbonyl (C=O) groups excluding carboxylic acids is 1. The number of H-pyrrole nitrogens is 1. The van der Waals surface area contributed by atoms with Crippen molar-refractivity contribution >= 4 is 17.7 Å². The van der Waals surface area contributed by atoms with E-state index in [9.17, 15) is 4.79 Å². The van der Waals surface area contributed by atoms with Gasteiger partial charge in [-0.05, 0) is 19.1 Å². The van der Waals surface area contributed by atoms with Crippen LogP contribution in [0.1, 0.15) is 68.3 Å². The van der Waals surface area contributed by atoms with Crippen molar-refractivity contribution in [1.29, 1.82) is 0 Å². The standard InChI is InChI=1S/C14H24N4OS/c1-10(2)11-16-12(18-17-11)13(19)15-9-14(20-3)7-5-4-6-8-14/h10H,4-9H2,1-3H3,(H,15,19)(H,16,17,18). The molecular formula is C14H24N4OS. The van der Waals surface area contributed by atoms with Gasteiger partial charge in [-0.2, -0.15) is 11.8 Å². The Hall–Kier alpha value is -1.04. The lowest BCUT2D eigenvalue weighted by Gasteiger charge is -2.35. The van der Waals surface area contributed by atoms with E-state index in [4.69, 9.17) is 0 Å². The van der Waals surface area contributed by atoms with Crippen LogP contribution in [0.5, 0.6) is 0 Å². The molecule has 1 aliphatic rings. The van der Waals surface area contributed by atoms with Gasteiger partial charge in [-0.1, -0.05) is 33.1 Å². The molecule has 112 valence electrons. The van der Waals surface area contributed by atoms with E-state index in [1.54, 1.807) is 0 Å². The van der Waals surface area contributed by atoms with Crippen molar-refractivity contribution in [3.8, 4) is 0 Å². The van der Waals surface area contributed by atoms with E-state index in [1.807, 2.05) is 25.6 Å². The molecule has 0 atom stereocenters. The van der Waals surface area contributed by atoms with Gasteiger partial charge in [-0.3, -0.25) is 9.89 Å². The Bertz CT molecular complexity index is 452. The fourth-order valence-electron chi connectivity index (χ4n) is 2.60. The first-order valence-electron chi connectivity index (χ1n) is 7.32. The lowest BCUT2D eigenvalue weighted by molar-refractivity contribution is 0.0937. The van der Waals surface area contributed by atoms with E-state index in [2.05, 4.69) is 26.8 Å². The van der Waals surface area contributed by atoms with Gasteiger partial charge in [0.25, 0.3) is 5.91 Å². The predicted octanol–water partition coefficient (Wildman–Crippen LogP) is 2.72. The number of aromatic amines is 1. The predicted molar refractivity (Wildman–Crippen MR) is 82.1 cm³/mol. The maximum absolute atomic E-state index is 12.1. The lowest BCUT2D eigenvalue weighted by Crippen LogP contribution is -2.42. The zero-order valence-corrected chi connectivity index (χ0v) is 13.3. The Morgan fingerprint density at radius 2 is 2.10 bits per heavy atom. The van der Waals surface area contributed by atoms with Crippen molar-refractivity contribution < 1.29 is 4.79 Å². The Morgan fingerprint density at radius 1 is 1.40 bits per heavy atom. The molecule has 1 amide bonds. The van der Waals surface area contributed by atoms with Crippen LogP contribution in [0.4, 0.5) is 0 Å². The molecule has 0 saturated heterocycles. The molecule has 0 unspecified atom stereocenters. The van der Waals surface area contributed by atoms with Crippen LogP contribution in [-0.2, 0) is 0 Å². The molecule has 0 bridgehead atoms. The van der Waals surface area contributed by atoms with Crippen molar-refractivity contribution in [3.63, 3.8) is 0 Å². The third kappa shape index (κ3) is 3.53. The summed E-state index contributed by atoms with van der Waals surface area (Å²) in [7, 11) is 0. The maximum atomic E-state index is 12.1. The highest BCUT2D eigenvalue weighted by molar-refractivity contribution is 8.00. The number of nitrogens with one attached hydrogen (secondary N) is 2. The molecule has 1 saturated carbocycles. The summed E-state index contributed by atoms with van der Waals surface area (Å²) in [6.07, 6.45) is 8.33. The van der Waals surface area contributed by atoms with Crippen LogP contribution in [0, 0.1) is 0 Å². The summed E-state index contributed by atoms with van der Waals surface area (Å²) in [5, 5.41) is 9.82. The molecule has 0 aromatic carbocycles. The van der Waals surface area contributed by atoms with E-state index in [0.717, 1.165) is 5.82 Å².